The zero-order valence-electron chi connectivity index (χ0n) is 52.7. The molecule has 0 aliphatic carbocycles. The van der Waals surface area contributed by atoms with Crippen molar-refractivity contribution < 1.29 is 26.5 Å². The molecule has 100 heavy (non-hydrogen) atoms. The number of nitrogens with zero attached hydrogens (tertiary/aromatic N) is 2. The van der Waals surface area contributed by atoms with E-state index in [2.05, 4.69) is 258 Å². The lowest BCUT2D eigenvalue weighted by Crippen LogP contribution is -1.83. The Morgan fingerprint density at radius 3 is 1.12 bits per heavy atom. The third kappa shape index (κ3) is 6.10. The quantitative estimate of drug-likeness (QED) is 0.164. The first kappa shape index (κ1) is 50.8. The van der Waals surface area contributed by atoms with Gasteiger partial charge in [-0.1, -0.05) is 164 Å². The topological polar surface area (TPSA) is 87.7 Å². The number of hydrogen-bond donors (Lipinski definition) is 0. The Hall–Kier alpha value is -13.6. The molecule has 0 spiro atoms. The molecule has 8 heteroatoms. The van der Waals surface area contributed by atoms with Gasteiger partial charge in [0.1, 0.15) is 44.7 Å². The molecule has 8 nitrogen and oxygen atoms in total. The smallest absolute Gasteiger partial charge is 0.160 e. The second-order valence-electron chi connectivity index (χ2n) is 27.6. The lowest BCUT2D eigenvalue weighted by Gasteiger charge is -2.08. The van der Waals surface area contributed by atoms with Gasteiger partial charge >= 0.3 is 0 Å². The lowest BCUT2D eigenvalue weighted by molar-refractivity contribution is 0.658. The molecule has 10 aromatic heterocycles. The zero-order valence-corrected chi connectivity index (χ0v) is 52.7. The molecular weight excluding hydrogens is 1230 g/mol. The van der Waals surface area contributed by atoms with E-state index < -0.39 is 0 Å². The highest BCUT2D eigenvalue weighted by molar-refractivity contribution is 6.36. The maximum atomic E-state index is 7.35. The van der Waals surface area contributed by atoms with Gasteiger partial charge in [-0.15, -0.1) is 0 Å². The van der Waals surface area contributed by atoms with Gasteiger partial charge in [-0.2, -0.15) is 0 Å². The highest BCUT2D eigenvalue weighted by atomic mass is 16.4. The highest BCUT2D eigenvalue weighted by Gasteiger charge is 2.31. The first-order valence-electron chi connectivity index (χ1n) is 34.1. The van der Waals surface area contributed by atoms with Crippen LogP contribution in [0.15, 0.2) is 293 Å². The van der Waals surface area contributed by atoms with E-state index in [-0.39, 0.29) is 0 Å². The molecular formula is C92H44N2O6. The van der Waals surface area contributed by atoms with Gasteiger partial charge in [0, 0.05) is 108 Å². The standard InChI is InChI=1S/C92H44N2O6/c1-2-13-51-45(12-1)24-25-47-38-46(26-28-52(47)51)49-40-67-58-29-33-62-54-14-3-7-19-73(54)97-89(62)83(58)94-81(67)68(41-49)61-32-36-65-80-53(18-11-23-78(80)100-92(65)86(61)94)48-27-37-77-66(39-48)64-35-31-60-70-43-50(79-87-71(56-16-5-9-21-75(56)95-87)44-72-57-17-6-10-22-76(57)96-88(72)79)42-69-59-30-34-63-55-15-4-8-20-74(55)98-90(63)84(59)93(82(69)70)85(60)91(64)99-77/h1-44H. The predicted molar refractivity (Wildman–Crippen MR) is 411 cm³/mol. The molecule has 0 saturated carbocycles. The van der Waals surface area contributed by atoms with E-state index in [1.807, 2.05) is 18.2 Å². The maximum absolute atomic E-state index is 7.35. The number of fused-ring (bicyclic) bond motifs is 37. The molecule has 0 aliphatic heterocycles. The van der Waals surface area contributed by atoms with Gasteiger partial charge in [0.05, 0.1) is 38.7 Å². The number of aromatic nitrogens is 2. The summed E-state index contributed by atoms with van der Waals surface area (Å²) in [7, 11) is 0. The Morgan fingerprint density at radius 2 is 0.560 bits per heavy atom. The summed E-state index contributed by atoms with van der Waals surface area (Å²) in [5.74, 6) is 0. The van der Waals surface area contributed by atoms with E-state index in [4.69, 9.17) is 26.5 Å². The molecule has 0 radical (unpaired) electrons. The second-order valence-corrected chi connectivity index (χ2v) is 27.6. The van der Waals surface area contributed by atoms with Crippen LogP contribution in [-0.2, 0) is 0 Å². The van der Waals surface area contributed by atoms with Crippen molar-refractivity contribution >= 4 is 229 Å². The van der Waals surface area contributed by atoms with Gasteiger partial charge in [0.15, 0.2) is 22.3 Å². The molecule has 26 aromatic rings. The third-order valence-corrected chi connectivity index (χ3v) is 22.7. The molecule has 0 amide bonds. The minimum atomic E-state index is 0.791. The molecule has 0 unspecified atom stereocenters. The van der Waals surface area contributed by atoms with Crippen LogP contribution >= 0.6 is 0 Å². The highest BCUT2D eigenvalue weighted by Crippen LogP contribution is 2.54. The molecule has 0 saturated heterocycles. The van der Waals surface area contributed by atoms with Crippen LogP contribution in [0.1, 0.15) is 0 Å². The largest absolute Gasteiger partial charge is 0.455 e. The SMILES string of the molecule is c1ccc2c(c1)ccc1cc(-c3cc4c5ccc6c7ccccc7oc6c5n5c4c(c3)c3ccc4c(oc6cccc(-c7ccc8oc9c(ccc%10c%11cc(-c%12c%13oc%14ccccc%14c%13cc%13c%12oc%12ccccc%12%13)cc%12c%13ccc%14c%15ccccc%15oc%14c%13n(c%12%11)c%109)c8c7)c64)c35)ccc12. The third-order valence-electron chi connectivity index (χ3n) is 22.7. The summed E-state index contributed by atoms with van der Waals surface area (Å²) in [6.45, 7) is 0. The molecule has 26 rings (SSSR count). The van der Waals surface area contributed by atoms with Gasteiger partial charge in [-0.25, -0.2) is 0 Å². The Bertz CT molecular complexity index is 8210. The summed E-state index contributed by atoms with van der Waals surface area (Å²) in [4.78, 5) is 0. The zero-order chi connectivity index (χ0) is 64.2. The first-order chi connectivity index (χ1) is 49.6. The van der Waals surface area contributed by atoms with Crippen LogP contribution < -0.4 is 0 Å². The number of para-hydroxylation sites is 4. The minimum absolute atomic E-state index is 0.791. The summed E-state index contributed by atoms with van der Waals surface area (Å²) in [5, 5.41) is 26.5. The Balaban J connectivity index is 0.710. The average Bonchev–Trinajstić information content (AvgIpc) is 1.52. The monoisotopic (exact) mass is 1270 g/mol. The van der Waals surface area contributed by atoms with E-state index in [0.717, 1.165) is 230 Å². The number of hydrogen-bond acceptors (Lipinski definition) is 6. The fourth-order valence-corrected chi connectivity index (χ4v) is 18.5. The van der Waals surface area contributed by atoms with Crippen molar-refractivity contribution in [1.82, 2.24) is 8.80 Å². The molecule has 16 aromatic carbocycles. The van der Waals surface area contributed by atoms with Crippen LogP contribution in [0.4, 0.5) is 0 Å². The van der Waals surface area contributed by atoms with E-state index >= 15 is 0 Å². The van der Waals surface area contributed by atoms with Crippen molar-refractivity contribution in [3.05, 3.63) is 267 Å². The van der Waals surface area contributed by atoms with Gasteiger partial charge in [0.25, 0.3) is 0 Å². The fourth-order valence-electron chi connectivity index (χ4n) is 18.5. The van der Waals surface area contributed by atoms with Gasteiger partial charge in [0.2, 0.25) is 0 Å². The van der Waals surface area contributed by atoms with Crippen LogP contribution in [-0.4, -0.2) is 8.80 Å². The average molecular weight is 1270 g/mol. The lowest BCUT2D eigenvalue weighted by atomic mass is 9.95. The van der Waals surface area contributed by atoms with Gasteiger partial charge < -0.3 is 35.3 Å². The molecule has 0 bridgehead atoms. The Labute approximate surface area is 561 Å². The Morgan fingerprint density at radius 1 is 0.180 bits per heavy atom. The van der Waals surface area contributed by atoms with E-state index in [9.17, 15) is 0 Å². The molecule has 458 valence electrons. The molecule has 10 heterocycles. The number of benzene rings is 16. The van der Waals surface area contributed by atoms with Crippen LogP contribution in [0.3, 0.4) is 0 Å². The maximum Gasteiger partial charge on any atom is 0.160 e. The number of rotatable bonds is 3. The molecule has 0 N–H and O–H groups in total. The van der Waals surface area contributed by atoms with Crippen molar-refractivity contribution in [1.29, 1.82) is 0 Å². The van der Waals surface area contributed by atoms with Crippen LogP contribution in [0.5, 0.6) is 0 Å². The predicted octanol–water partition coefficient (Wildman–Crippen LogP) is 26.7. The second kappa shape index (κ2) is 17.5. The van der Waals surface area contributed by atoms with Crippen molar-refractivity contribution in [2.45, 2.75) is 0 Å². The van der Waals surface area contributed by atoms with Crippen LogP contribution in [0, 0.1) is 0 Å². The normalized spacial score (nSPS) is 13.0. The van der Waals surface area contributed by atoms with Crippen molar-refractivity contribution in [3.63, 3.8) is 0 Å². The summed E-state index contributed by atoms with van der Waals surface area (Å²) in [5.41, 5.74) is 22.5. The van der Waals surface area contributed by atoms with Gasteiger partial charge in [-0.3, -0.25) is 0 Å². The summed E-state index contributed by atoms with van der Waals surface area (Å²) >= 11 is 0. The first-order valence-corrected chi connectivity index (χ1v) is 34.1. The fraction of sp³-hybridized carbons (Fsp3) is 0. The molecule has 0 atom stereocenters. The minimum Gasteiger partial charge on any atom is -0.455 e. The van der Waals surface area contributed by atoms with Gasteiger partial charge in [-0.05, 0) is 152 Å². The summed E-state index contributed by atoms with van der Waals surface area (Å²) < 4.78 is 47.4. The number of furan rings is 6. The van der Waals surface area contributed by atoms with Crippen LogP contribution in [0.25, 0.3) is 263 Å². The van der Waals surface area contributed by atoms with E-state index in [1.54, 1.807) is 0 Å². The molecule has 0 aliphatic rings. The van der Waals surface area contributed by atoms with Crippen molar-refractivity contribution in [2.24, 2.45) is 0 Å². The van der Waals surface area contributed by atoms with E-state index in [0.29, 0.717) is 0 Å². The summed E-state index contributed by atoms with van der Waals surface area (Å²) in [6.07, 6.45) is 0. The summed E-state index contributed by atoms with van der Waals surface area (Å²) in [6, 6.07) is 96.5. The molecule has 0 fully saturated rings. The van der Waals surface area contributed by atoms with Crippen molar-refractivity contribution in [3.8, 4) is 33.4 Å². The Kier molecular flexibility index (Phi) is 8.91. The van der Waals surface area contributed by atoms with Crippen molar-refractivity contribution in [2.75, 3.05) is 0 Å². The van der Waals surface area contributed by atoms with E-state index in [1.165, 1.54) is 32.5 Å². The van der Waals surface area contributed by atoms with Crippen LogP contribution in [0.2, 0.25) is 0 Å².